The lowest BCUT2D eigenvalue weighted by Crippen LogP contribution is -2.03. The van der Waals surface area contributed by atoms with Crippen molar-refractivity contribution < 1.29 is 9.53 Å². The highest BCUT2D eigenvalue weighted by Crippen LogP contribution is 2.25. The number of hydrogen-bond acceptors (Lipinski definition) is 2. The molecule has 1 heterocycles. The third-order valence-electron chi connectivity index (χ3n) is 2.32. The Kier molecular flexibility index (Phi) is 2.15. The summed E-state index contributed by atoms with van der Waals surface area (Å²) in [5, 5.41) is 0. The molecule has 1 saturated heterocycles. The van der Waals surface area contributed by atoms with Gasteiger partial charge in [-0.25, -0.2) is 0 Å². The molecule has 1 fully saturated rings. The van der Waals surface area contributed by atoms with E-state index in [1.807, 2.05) is 37.3 Å². The van der Waals surface area contributed by atoms with Crippen LogP contribution in [0.3, 0.4) is 0 Å². The number of Topliss-reactive ketones (excluding diaryl/α,β-unsaturated/α-hetero) is 1. The average Bonchev–Trinajstić information content (AvgIpc) is 2.83. The van der Waals surface area contributed by atoms with Gasteiger partial charge < -0.3 is 4.74 Å². The second-order valence-corrected chi connectivity index (χ2v) is 3.37. The maximum absolute atomic E-state index is 11.6. The van der Waals surface area contributed by atoms with Gasteiger partial charge in [0.05, 0.1) is 12.2 Å². The van der Waals surface area contributed by atoms with Gasteiger partial charge in [-0.15, -0.1) is 0 Å². The van der Waals surface area contributed by atoms with E-state index in [9.17, 15) is 4.79 Å². The van der Waals surface area contributed by atoms with Crippen molar-refractivity contribution >= 4 is 5.78 Å². The highest BCUT2D eigenvalue weighted by molar-refractivity contribution is 5.96. The zero-order valence-corrected chi connectivity index (χ0v) is 7.57. The summed E-state index contributed by atoms with van der Waals surface area (Å²) in [4.78, 5) is 11.6. The van der Waals surface area contributed by atoms with E-state index in [1.165, 1.54) is 0 Å². The molecule has 2 atom stereocenters. The molecule has 0 spiro atoms. The Hall–Kier alpha value is -1.15. The first-order valence-corrected chi connectivity index (χ1v) is 4.51. The number of ether oxygens (including phenoxy) is 1. The minimum atomic E-state index is 0.160. The number of carbonyl (C=O) groups is 1. The van der Waals surface area contributed by atoms with Gasteiger partial charge >= 0.3 is 0 Å². The number of carbonyl (C=O) groups excluding carboxylic acids is 1. The molecule has 1 aromatic carbocycles. The largest absolute Gasteiger partial charge is 0.369 e. The number of epoxide rings is 1. The highest BCUT2D eigenvalue weighted by Gasteiger charge is 2.35. The van der Waals surface area contributed by atoms with Crippen LogP contribution in [-0.2, 0) is 4.74 Å². The predicted octanol–water partition coefficient (Wildman–Crippen LogP) is 2.05. The Labute approximate surface area is 77.5 Å². The second kappa shape index (κ2) is 3.30. The van der Waals surface area contributed by atoms with E-state index in [1.54, 1.807) is 0 Å². The van der Waals surface area contributed by atoms with Crippen LogP contribution in [0.2, 0.25) is 0 Å². The van der Waals surface area contributed by atoms with Crippen molar-refractivity contribution in [1.82, 2.24) is 0 Å². The van der Waals surface area contributed by atoms with Gasteiger partial charge in [0.2, 0.25) is 0 Å². The molecule has 0 bridgehead atoms. The SMILES string of the molecule is CC1OC1CC(=O)c1ccccc1. The number of ketones is 1. The first-order chi connectivity index (χ1) is 6.27. The van der Waals surface area contributed by atoms with Crippen molar-refractivity contribution in [2.75, 3.05) is 0 Å². The third kappa shape index (κ3) is 1.95. The molecule has 0 aromatic heterocycles. The minimum absolute atomic E-state index is 0.160. The Morgan fingerprint density at radius 3 is 2.54 bits per heavy atom. The molecule has 1 aromatic rings. The molecule has 1 aliphatic heterocycles. The van der Waals surface area contributed by atoms with Crippen LogP contribution < -0.4 is 0 Å². The predicted molar refractivity (Wildman–Crippen MR) is 49.7 cm³/mol. The maximum atomic E-state index is 11.6. The summed E-state index contributed by atoms with van der Waals surface area (Å²) in [5.41, 5.74) is 0.783. The average molecular weight is 176 g/mol. The van der Waals surface area contributed by atoms with Gasteiger partial charge in [-0.3, -0.25) is 4.79 Å². The van der Waals surface area contributed by atoms with E-state index in [0.29, 0.717) is 6.42 Å². The fraction of sp³-hybridized carbons (Fsp3) is 0.364. The Morgan fingerprint density at radius 2 is 2.00 bits per heavy atom. The first-order valence-electron chi connectivity index (χ1n) is 4.51. The lowest BCUT2D eigenvalue weighted by Gasteiger charge is -1.96. The van der Waals surface area contributed by atoms with Crippen molar-refractivity contribution in [3.05, 3.63) is 35.9 Å². The molecule has 2 rings (SSSR count). The molecule has 1 aliphatic rings. The molecule has 0 radical (unpaired) electrons. The Morgan fingerprint density at radius 1 is 1.38 bits per heavy atom. The second-order valence-electron chi connectivity index (χ2n) is 3.37. The van der Waals surface area contributed by atoms with E-state index in [4.69, 9.17) is 4.74 Å². The summed E-state index contributed by atoms with van der Waals surface area (Å²) >= 11 is 0. The molecule has 2 unspecified atom stereocenters. The summed E-state index contributed by atoms with van der Waals surface area (Å²) in [5.74, 6) is 0.176. The normalized spacial score (nSPS) is 25.6. The summed E-state index contributed by atoms with van der Waals surface area (Å²) < 4.78 is 5.19. The van der Waals surface area contributed by atoms with Gasteiger partial charge in [-0.2, -0.15) is 0 Å². The Balaban J connectivity index is 1.98. The van der Waals surface area contributed by atoms with Crippen molar-refractivity contribution in [3.8, 4) is 0 Å². The molecule has 2 nitrogen and oxygen atoms in total. The van der Waals surface area contributed by atoms with Crippen LogP contribution in [0.1, 0.15) is 23.7 Å². The summed E-state index contributed by atoms with van der Waals surface area (Å²) in [6, 6.07) is 9.35. The van der Waals surface area contributed by atoms with Gasteiger partial charge in [-0.1, -0.05) is 30.3 Å². The topological polar surface area (TPSA) is 29.6 Å². The van der Waals surface area contributed by atoms with E-state index >= 15 is 0 Å². The van der Waals surface area contributed by atoms with E-state index in [2.05, 4.69) is 0 Å². The quantitative estimate of drug-likeness (QED) is 0.521. The number of hydrogen-bond donors (Lipinski definition) is 0. The van der Waals surface area contributed by atoms with Crippen LogP contribution >= 0.6 is 0 Å². The summed E-state index contributed by atoms with van der Waals surface area (Å²) in [6.07, 6.45) is 0.950. The minimum Gasteiger partial charge on any atom is -0.369 e. The van der Waals surface area contributed by atoms with Crippen molar-refractivity contribution in [2.45, 2.75) is 25.6 Å². The van der Waals surface area contributed by atoms with Crippen LogP contribution in [0, 0.1) is 0 Å². The van der Waals surface area contributed by atoms with Gasteiger partial charge in [0.25, 0.3) is 0 Å². The summed E-state index contributed by atoms with van der Waals surface area (Å²) in [6.45, 7) is 1.99. The molecule has 68 valence electrons. The maximum Gasteiger partial charge on any atom is 0.165 e. The fourth-order valence-electron chi connectivity index (χ4n) is 1.37. The molecule has 0 saturated carbocycles. The van der Waals surface area contributed by atoms with Crippen molar-refractivity contribution in [1.29, 1.82) is 0 Å². The van der Waals surface area contributed by atoms with Crippen LogP contribution in [-0.4, -0.2) is 18.0 Å². The smallest absolute Gasteiger partial charge is 0.165 e. The molecule has 0 amide bonds. The van der Waals surface area contributed by atoms with E-state index in [0.717, 1.165) is 5.56 Å². The first kappa shape index (κ1) is 8.45. The zero-order valence-electron chi connectivity index (χ0n) is 7.57. The molecule has 2 heteroatoms. The highest BCUT2D eigenvalue weighted by atomic mass is 16.6. The van der Waals surface area contributed by atoms with Crippen molar-refractivity contribution in [3.63, 3.8) is 0 Å². The van der Waals surface area contributed by atoms with Crippen LogP contribution in [0.25, 0.3) is 0 Å². The lowest BCUT2D eigenvalue weighted by atomic mass is 10.1. The zero-order chi connectivity index (χ0) is 9.26. The number of rotatable bonds is 3. The molecular formula is C11H12O2. The van der Waals surface area contributed by atoms with Crippen molar-refractivity contribution in [2.24, 2.45) is 0 Å². The molecule has 13 heavy (non-hydrogen) atoms. The summed E-state index contributed by atoms with van der Waals surface area (Å²) in [7, 11) is 0. The van der Waals surface area contributed by atoms with Crippen LogP contribution in [0.15, 0.2) is 30.3 Å². The Bertz CT molecular complexity index is 305. The van der Waals surface area contributed by atoms with Gasteiger partial charge in [0.15, 0.2) is 5.78 Å². The van der Waals surface area contributed by atoms with Gasteiger partial charge in [-0.05, 0) is 6.92 Å². The molecule has 0 N–H and O–H groups in total. The van der Waals surface area contributed by atoms with Gasteiger partial charge in [0.1, 0.15) is 0 Å². The lowest BCUT2D eigenvalue weighted by molar-refractivity contribution is 0.0972. The third-order valence-corrected chi connectivity index (χ3v) is 2.32. The fourth-order valence-corrected chi connectivity index (χ4v) is 1.37. The van der Waals surface area contributed by atoms with Crippen LogP contribution in [0.4, 0.5) is 0 Å². The van der Waals surface area contributed by atoms with Crippen LogP contribution in [0.5, 0.6) is 0 Å². The van der Waals surface area contributed by atoms with E-state index in [-0.39, 0.29) is 18.0 Å². The van der Waals surface area contributed by atoms with Gasteiger partial charge in [0, 0.05) is 12.0 Å². The standard InChI is InChI=1S/C11H12O2/c1-8-11(13-8)7-10(12)9-5-3-2-4-6-9/h2-6,8,11H,7H2,1H3. The monoisotopic (exact) mass is 176 g/mol. The number of benzene rings is 1. The van der Waals surface area contributed by atoms with E-state index < -0.39 is 0 Å². The molecule has 0 aliphatic carbocycles. The molecular weight excluding hydrogens is 164 g/mol.